The summed E-state index contributed by atoms with van der Waals surface area (Å²) in [6, 6.07) is 12.5. The summed E-state index contributed by atoms with van der Waals surface area (Å²) in [6.45, 7) is 1.39. The largest absolute Gasteiger partial charge is 0.497 e. The first kappa shape index (κ1) is 17.2. The van der Waals surface area contributed by atoms with Crippen LogP contribution in [0.3, 0.4) is 0 Å². The molecule has 2 aromatic rings. The maximum Gasteiger partial charge on any atom is 0.269 e. The van der Waals surface area contributed by atoms with Crippen LogP contribution in [0.2, 0.25) is 5.02 Å². The molecule has 23 heavy (non-hydrogen) atoms. The third kappa shape index (κ3) is 4.94. The molecule has 2 aromatic carbocycles. The number of methoxy groups -OCH3 is 1. The lowest BCUT2D eigenvalue weighted by Gasteiger charge is -2.17. The lowest BCUT2D eigenvalue weighted by atomic mass is 10.1. The van der Waals surface area contributed by atoms with Crippen LogP contribution in [0.15, 0.2) is 42.5 Å². The van der Waals surface area contributed by atoms with Gasteiger partial charge in [0.1, 0.15) is 5.75 Å². The molecule has 122 valence electrons. The summed E-state index contributed by atoms with van der Waals surface area (Å²) in [4.78, 5) is 12.5. The minimum atomic E-state index is -0.406. The Morgan fingerprint density at radius 2 is 1.91 bits per heavy atom. The number of likely N-dealkylation sites (N-methyl/N-ethyl adjacent to an activating group) is 1. The molecule has 0 N–H and O–H groups in total. The summed E-state index contributed by atoms with van der Waals surface area (Å²) in [5.41, 5.74) is 2.04. The van der Waals surface area contributed by atoms with Crippen LogP contribution in [-0.4, -0.2) is 30.5 Å². The molecular formula is C17H19ClN2O3. The number of rotatable bonds is 7. The van der Waals surface area contributed by atoms with E-state index >= 15 is 0 Å². The Hall–Kier alpha value is -2.11. The van der Waals surface area contributed by atoms with Crippen molar-refractivity contribution in [3.05, 3.63) is 68.7 Å². The fourth-order valence-corrected chi connectivity index (χ4v) is 2.46. The number of halogens is 1. The molecule has 0 heterocycles. The quantitative estimate of drug-likeness (QED) is 0.568. The molecule has 0 amide bonds. The second-order valence-corrected chi connectivity index (χ2v) is 5.78. The van der Waals surface area contributed by atoms with E-state index in [1.807, 2.05) is 31.3 Å². The van der Waals surface area contributed by atoms with Crippen molar-refractivity contribution in [3.63, 3.8) is 0 Å². The molecular weight excluding hydrogens is 316 g/mol. The molecule has 0 aliphatic heterocycles. The molecule has 0 spiro atoms. The van der Waals surface area contributed by atoms with E-state index in [2.05, 4.69) is 4.90 Å². The van der Waals surface area contributed by atoms with E-state index in [1.54, 1.807) is 13.2 Å². The predicted molar refractivity (Wildman–Crippen MR) is 91.1 cm³/mol. The van der Waals surface area contributed by atoms with E-state index in [-0.39, 0.29) is 5.69 Å². The van der Waals surface area contributed by atoms with Crippen molar-refractivity contribution < 1.29 is 9.66 Å². The molecule has 0 saturated carbocycles. The highest BCUT2D eigenvalue weighted by Crippen LogP contribution is 2.23. The van der Waals surface area contributed by atoms with E-state index in [1.165, 1.54) is 17.7 Å². The maximum atomic E-state index is 10.9. The number of hydrogen-bond acceptors (Lipinski definition) is 4. The molecule has 0 aliphatic carbocycles. The van der Waals surface area contributed by atoms with Crippen LogP contribution < -0.4 is 4.74 Å². The standard InChI is InChI=1S/C17H19ClN2O3/c1-19(10-9-13-3-6-16(23-2)7-4-13)12-14-11-15(20(21)22)5-8-17(14)18/h3-8,11H,9-10,12H2,1-2H3. The third-order valence-electron chi connectivity index (χ3n) is 3.62. The zero-order chi connectivity index (χ0) is 16.8. The van der Waals surface area contributed by atoms with Gasteiger partial charge in [-0.2, -0.15) is 0 Å². The number of nitro benzene ring substituents is 1. The van der Waals surface area contributed by atoms with Gasteiger partial charge in [-0.05, 0) is 42.8 Å². The predicted octanol–water partition coefficient (Wildman–Crippen LogP) is 3.93. The minimum absolute atomic E-state index is 0.0629. The summed E-state index contributed by atoms with van der Waals surface area (Å²) in [7, 11) is 3.62. The number of nitrogens with zero attached hydrogens (tertiary/aromatic N) is 2. The van der Waals surface area contributed by atoms with Crippen LogP contribution in [0.4, 0.5) is 5.69 Å². The van der Waals surface area contributed by atoms with Gasteiger partial charge in [0, 0.05) is 30.2 Å². The minimum Gasteiger partial charge on any atom is -0.497 e. The van der Waals surface area contributed by atoms with E-state index in [4.69, 9.17) is 16.3 Å². The van der Waals surface area contributed by atoms with Gasteiger partial charge in [0.25, 0.3) is 5.69 Å². The van der Waals surface area contributed by atoms with Crippen LogP contribution in [0.25, 0.3) is 0 Å². The van der Waals surface area contributed by atoms with Crippen molar-refractivity contribution in [1.29, 1.82) is 0 Å². The fraction of sp³-hybridized carbons (Fsp3) is 0.294. The Kier molecular flexibility index (Phi) is 5.96. The van der Waals surface area contributed by atoms with Crippen molar-refractivity contribution in [2.75, 3.05) is 20.7 Å². The summed E-state index contributed by atoms with van der Waals surface area (Å²) in [5, 5.41) is 11.4. The molecule has 0 aromatic heterocycles. The Labute approximate surface area is 140 Å². The van der Waals surface area contributed by atoms with E-state index in [0.717, 1.165) is 24.3 Å². The molecule has 0 aliphatic rings. The van der Waals surface area contributed by atoms with Crippen molar-refractivity contribution in [1.82, 2.24) is 4.90 Å². The van der Waals surface area contributed by atoms with Gasteiger partial charge in [-0.1, -0.05) is 23.7 Å². The third-order valence-corrected chi connectivity index (χ3v) is 3.99. The van der Waals surface area contributed by atoms with Gasteiger partial charge >= 0.3 is 0 Å². The van der Waals surface area contributed by atoms with Gasteiger partial charge in [-0.3, -0.25) is 10.1 Å². The molecule has 0 unspecified atom stereocenters. The van der Waals surface area contributed by atoms with Gasteiger partial charge in [0.05, 0.1) is 12.0 Å². The number of hydrogen-bond donors (Lipinski definition) is 0. The molecule has 0 saturated heterocycles. The van der Waals surface area contributed by atoms with Crippen molar-refractivity contribution >= 4 is 17.3 Å². The second-order valence-electron chi connectivity index (χ2n) is 5.37. The summed E-state index contributed by atoms with van der Waals surface area (Å²) >= 11 is 6.13. The van der Waals surface area contributed by atoms with E-state index in [9.17, 15) is 10.1 Å². The monoisotopic (exact) mass is 334 g/mol. The van der Waals surface area contributed by atoms with Crippen LogP contribution in [0, 0.1) is 10.1 Å². The van der Waals surface area contributed by atoms with E-state index in [0.29, 0.717) is 11.6 Å². The van der Waals surface area contributed by atoms with Crippen LogP contribution in [-0.2, 0) is 13.0 Å². The van der Waals surface area contributed by atoms with Crippen molar-refractivity contribution in [2.24, 2.45) is 0 Å². The maximum absolute atomic E-state index is 10.9. The number of ether oxygens (including phenoxy) is 1. The van der Waals surface area contributed by atoms with Crippen LogP contribution in [0.5, 0.6) is 5.75 Å². The lowest BCUT2D eigenvalue weighted by molar-refractivity contribution is -0.384. The highest BCUT2D eigenvalue weighted by Gasteiger charge is 2.11. The first-order chi connectivity index (χ1) is 11.0. The van der Waals surface area contributed by atoms with Gasteiger partial charge in [0.15, 0.2) is 0 Å². The molecule has 5 nitrogen and oxygen atoms in total. The van der Waals surface area contributed by atoms with Crippen molar-refractivity contribution in [3.8, 4) is 5.75 Å². The first-order valence-corrected chi connectivity index (χ1v) is 7.61. The topological polar surface area (TPSA) is 55.6 Å². The number of nitro groups is 1. The number of non-ortho nitro benzene ring substituents is 1. The summed E-state index contributed by atoms with van der Waals surface area (Å²) in [6.07, 6.45) is 0.882. The zero-order valence-electron chi connectivity index (χ0n) is 13.2. The Bertz CT molecular complexity index is 674. The highest BCUT2D eigenvalue weighted by molar-refractivity contribution is 6.31. The summed E-state index contributed by atoms with van der Waals surface area (Å²) in [5.74, 6) is 0.838. The molecule has 0 radical (unpaired) electrons. The molecule has 0 atom stereocenters. The Balaban J connectivity index is 1.95. The van der Waals surface area contributed by atoms with Crippen molar-refractivity contribution in [2.45, 2.75) is 13.0 Å². The lowest BCUT2D eigenvalue weighted by Crippen LogP contribution is -2.21. The van der Waals surface area contributed by atoms with E-state index < -0.39 is 4.92 Å². The summed E-state index contributed by atoms with van der Waals surface area (Å²) < 4.78 is 5.14. The number of benzene rings is 2. The Morgan fingerprint density at radius 1 is 1.22 bits per heavy atom. The average Bonchev–Trinajstić information content (AvgIpc) is 2.55. The fourth-order valence-electron chi connectivity index (χ4n) is 2.28. The van der Waals surface area contributed by atoms with Gasteiger partial charge in [-0.15, -0.1) is 0 Å². The SMILES string of the molecule is COc1ccc(CCN(C)Cc2cc([N+](=O)[O-])ccc2Cl)cc1. The molecule has 6 heteroatoms. The van der Waals surface area contributed by atoms with Gasteiger partial charge in [-0.25, -0.2) is 0 Å². The van der Waals surface area contributed by atoms with Gasteiger partial charge in [0.2, 0.25) is 0 Å². The van der Waals surface area contributed by atoms with Crippen LogP contribution in [0.1, 0.15) is 11.1 Å². The Morgan fingerprint density at radius 3 is 2.52 bits per heavy atom. The smallest absolute Gasteiger partial charge is 0.269 e. The average molecular weight is 335 g/mol. The van der Waals surface area contributed by atoms with Gasteiger partial charge < -0.3 is 9.64 Å². The zero-order valence-corrected chi connectivity index (χ0v) is 13.9. The second kappa shape index (κ2) is 7.94. The molecule has 0 bridgehead atoms. The van der Waals surface area contributed by atoms with Crippen LogP contribution >= 0.6 is 11.6 Å². The normalized spacial score (nSPS) is 10.8. The highest BCUT2D eigenvalue weighted by atomic mass is 35.5. The molecule has 2 rings (SSSR count). The first-order valence-electron chi connectivity index (χ1n) is 7.24. The molecule has 0 fully saturated rings.